The number of rotatable bonds is 5. The van der Waals surface area contributed by atoms with Crippen LogP contribution in [0.5, 0.6) is 0 Å². The quantitative estimate of drug-likeness (QED) is 0.855. The summed E-state index contributed by atoms with van der Waals surface area (Å²) in [6, 6.07) is 8.04. The van der Waals surface area contributed by atoms with Crippen LogP contribution in [-0.4, -0.2) is 34.3 Å². The minimum absolute atomic E-state index is 0.0219. The molecule has 1 aliphatic heterocycles. The Morgan fingerprint density at radius 2 is 2.04 bits per heavy atom. The molecule has 0 saturated carbocycles. The Labute approximate surface area is 154 Å². The van der Waals surface area contributed by atoms with Crippen molar-refractivity contribution in [3.8, 4) is 0 Å². The van der Waals surface area contributed by atoms with Crippen molar-refractivity contribution in [2.75, 3.05) is 23.4 Å². The Morgan fingerprint density at radius 1 is 1.24 bits per heavy atom. The number of aliphatic hydroxyl groups is 1. The molecule has 0 unspecified atom stereocenters. The standard InChI is InChI=1S/C19H25ClN4O/c1-12(2)17(11-25)23-18-9-19(22-13(3)21-18)24-7-6-14-8-16(20)5-4-15(14)10-24/h4-5,8-9,12,17,25H,6-7,10-11H2,1-3H3,(H,21,22,23)/t17-/m0/s1. The summed E-state index contributed by atoms with van der Waals surface area (Å²) in [6.07, 6.45) is 0.951. The summed E-state index contributed by atoms with van der Waals surface area (Å²) in [5.74, 6) is 2.71. The van der Waals surface area contributed by atoms with Crippen LogP contribution in [0.1, 0.15) is 30.8 Å². The van der Waals surface area contributed by atoms with Gasteiger partial charge in [0.2, 0.25) is 0 Å². The van der Waals surface area contributed by atoms with E-state index in [4.69, 9.17) is 11.6 Å². The minimum Gasteiger partial charge on any atom is -0.394 e. The number of aliphatic hydroxyl groups excluding tert-OH is 1. The van der Waals surface area contributed by atoms with E-state index >= 15 is 0 Å². The molecule has 1 aromatic heterocycles. The molecule has 134 valence electrons. The Morgan fingerprint density at radius 3 is 2.76 bits per heavy atom. The Bertz CT molecular complexity index is 750. The average Bonchev–Trinajstić information content (AvgIpc) is 2.58. The van der Waals surface area contributed by atoms with E-state index < -0.39 is 0 Å². The molecule has 1 aliphatic rings. The molecule has 0 aliphatic carbocycles. The number of anilines is 2. The topological polar surface area (TPSA) is 61.3 Å². The Balaban J connectivity index is 1.82. The second-order valence-electron chi connectivity index (χ2n) is 6.92. The highest BCUT2D eigenvalue weighted by atomic mass is 35.5. The summed E-state index contributed by atoms with van der Waals surface area (Å²) in [5, 5.41) is 13.7. The van der Waals surface area contributed by atoms with Crippen molar-refractivity contribution < 1.29 is 5.11 Å². The highest BCUT2D eigenvalue weighted by Crippen LogP contribution is 2.27. The van der Waals surface area contributed by atoms with Crippen LogP contribution in [0.4, 0.5) is 11.6 Å². The predicted octanol–water partition coefficient (Wildman–Crippen LogP) is 3.43. The van der Waals surface area contributed by atoms with E-state index in [1.807, 2.05) is 19.1 Å². The van der Waals surface area contributed by atoms with Gasteiger partial charge in [0.05, 0.1) is 12.6 Å². The zero-order valence-corrected chi connectivity index (χ0v) is 15.7. The minimum atomic E-state index is -0.0219. The largest absolute Gasteiger partial charge is 0.394 e. The lowest BCUT2D eigenvalue weighted by Gasteiger charge is -2.30. The number of nitrogens with one attached hydrogen (secondary N) is 1. The zero-order valence-electron chi connectivity index (χ0n) is 15.0. The van der Waals surface area contributed by atoms with Gasteiger partial charge in [-0.1, -0.05) is 31.5 Å². The molecule has 0 bridgehead atoms. The lowest BCUT2D eigenvalue weighted by Crippen LogP contribution is -2.32. The third-order valence-corrected chi connectivity index (χ3v) is 4.90. The van der Waals surface area contributed by atoms with Gasteiger partial charge < -0.3 is 15.3 Å². The van der Waals surface area contributed by atoms with Gasteiger partial charge in [0.15, 0.2) is 0 Å². The molecular formula is C19H25ClN4O. The van der Waals surface area contributed by atoms with Gasteiger partial charge in [-0.3, -0.25) is 0 Å². The van der Waals surface area contributed by atoms with Crippen molar-refractivity contribution >= 4 is 23.2 Å². The van der Waals surface area contributed by atoms with Crippen molar-refractivity contribution in [1.82, 2.24) is 9.97 Å². The molecule has 0 amide bonds. The molecule has 0 fully saturated rings. The van der Waals surface area contributed by atoms with Crippen LogP contribution in [-0.2, 0) is 13.0 Å². The van der Waals surface area contributed by atoms with Crippen LogP contribution in [0.15, 0.2) is 24.3 Å². The first-order valence-electron chi connectivity index (χ1n) is 8.71. The van der Waals surface area contributed by atoms with Gasteiger partial charge in [0, 0.05) is 24.2 Å². The van der Waals surface area contributed by atoms with E-state index in [-0.39, 0.29) is 12.6 Å². The van der Waals surface area contributed by atoms with Crippen LogP contribution in [0, 0.1) is 12.8 Å². The van der Waals surface area contributed by atoms with Crippen molar-refractivity contribution in [1.29, 1.82) is 0 Å². The first-order valence-corrected chi connectivity index (χ1v) is 9.09. The lowest BCUT2D eigenvalue weighted by atomic mass is 10.00. The number of halogens is 1. The number of hydrogen-bond acceptors (Lipinski definition) is 5. The fourth-order valence-corrected chi connectivity index (χ4v) is 3.31. The lowest BCUT2D eigenvalue weighted by molar-refractivity contribution is 0.249. The number of fused-ring (bicyclic) bond motifs is 1. The van der Waals surface area contributed by atoms with E-state index in [1.165, 1.54) is 11.1 Å². The SMILES string of the molecule is Cc1nc(N[C@@H](CO)C(C)C)cc(N2CCc3cc(Cl)ccc3C2)n1. The van der Waals surface area contributed by atoms with Crippen molar-refractivity contribution in [2.24, 2.45) is 5.92 Å². The molecule has 1 atom stereocenters. The van der Waals surface area contributed by atoms with E-state index in [1.54, 1.807) is 0 Å². The number of nitrogens with zero attached hydrogens (tertiary/aromatic N) is 3. The number of aryl methyl sites for hydroxylation is 1. The third kappa shape index (κ3) is 4.22. The second-order valence-corrected chi connectivity index (χ2v) is 7.36. The third-order valence-electron chi connectivity index (χ3n) is 4.66. The summed E-state index contributed by atoms with van der Waals surface area (Å²) in [6.45, 7) is 7.85. The van der Waals surface area contributed by atoms with Gasteiger partial charge >= 0.3 is 0 Å². The zero-order chi connectivity index (χ0) is 18.0. The van der Waals surface area contributed by atoms with Crippen molar-refractivity contribution in [3.63, 3.8) is 0 Å². The van der Waals surface area contributed by atoms with Crippen LogP contribution in [0.2, 0.25) is 5.02 Å². The smallest absolute Gasteiger partial charge is 0.134 e. The van der Waals surface area contributed by atoms with E-state index in [0.29, 0.717) is 5.92 Å². The maximum absolute atomic E-state index is 9.55. The van der Waals surface area contributed by atoms with Crippen LogP contribution in [0.25, 0.3) is 0 Å². The monoisotopic (exact) mass is 360 g/mol. The highest BCUT2D eigenvalue weighted by Gasteiger charge is 2.20. The fraction of sp³-hybridized carbons (Fsp3) is 0.474. The van der Waals surface area contributed by atoms with E-state index in [2.05, 4.69) is 46.2 Å². The van der Waals surface area contributed by atoms with E-state index in [9.17, 15) is 5.11 Å². The number of hydrogen-bond donors (Lipinski definition) is 2. The first kappa shape index (κ1) is 18.0. The molecule has 5 nitrogen and oxygen atoms in total. The van der Waals surface area contributed by atoms with Gasteiger partial charge in [-0.2, -0.15) is 0 Å². The van der Waals surface area contributed by atoms with Gasteiger partial charge in [0.25, 0.3) is 0 Å². The average molecular weight is 361 g/mol. The summed E-state index contributed by atoms with van der Waals surface area (Å²) in [7, 11) is 0. The highest BCUT2D eigenvalue weighted by molar-refractivity contribution is 6.30. The van der Waals surface area contributed by atoms with Crippen molar-refractivity contribution in [3.05, 3.63) is 46.2 Å². The molecule has 1 aromatic carbocycles. The van der Waals surface area contributed by atoms with Crippen molar-refractivity contribution in [2.45, 2.75) is 39.8 Å². The van der Waals surface area contributed by atoms with Gasteiger partial charge in [0.1, 0.15) is 17.5 Å². The van der Waals surface area contributed by atoms with Gasteiger partial charge in [-0.25, -0.2) is 9.97 Å². The maximum Gasteiger partial charge on any atom is 0.134 e. The molecule has 2 heterocycles. The maximum atomic E-state index is 9.55. The number of aromatic nitrogens is 2. The molecular weight excluding hydrogens is 336 g/mol. The van der Waals surface area contributed by atoms with Gasteiger partial charge in [-0.15, -0.1) is 0 Å². The predicted molar refractivity (Wildman–Crippen MR) is 102 cm³/mol. The molecule has 0 spiro atoms. The van der Waals surface area contributed by atoms with Crippen LogP contribution >= 0.6 is 11.6 Å². The molecule has 3 rings (SSSR count). The first-order chi connectivity index (χ1) is 12.0. The normalized spacial score (nSPS) is 15.2. The van der Waals surface area contributed by atoms with E-state index in [0.717, 1.165) is 42.0 Å². The molecule has 2 aromatic rings. The second kappa shape index (κ2) is 7.58. The summed E-state index contributed by atoms with van der Waals surface area (Å²) < 4.78 is 0. The van der Waals surface area contributed by atoms with Crippen LogP contribution in [0.3, 0.4) is 0 Å². The van der Waals surface area contributed by atoms with Crippen LogP contribution < -0.4 is 10.2 Å². The number of benzene rings is 1. The molecule has 6 heteroatoms. The fourth-order valence-electron chi connectivity index (χ4n) is 3.12. The summed E-state index contributed by atoms with van der Waals surface area (Å²) in [5.41, 5.74) is 2.60. The Kier molecular flexibility index (Phi) is 5.45. The molecule has 0 radical (unpaired) electrons. The summed E-state index contributed by atoms with van der Waals surface area (Å²) in [4.78, 5) is 11.4. The summed E-state index contributed by atoms with van der Waals surface area (Å²) >= 11 is 6.10. The van der Waals surface area contributed by atoms with Gasteiger partial charge in [-0.05, 0) is 42.5 Å². The molecule has 25 heavy (non-hydrogen) atoms. The Hall–Kier alpha value is -1.85. The molecule has 2 N–H and O–H groups in total. The molecule has 0 saturated heterocycles.